The molecule has 0 fully saturated rings. The van der Waals surface area contributed by atoms with Gasteiger partial charge in [0.15, 0.2) is 0 Å². The van der Waals surface area contributed by atoms with Crippen LogP contribution in [0.3, 0.4) is 0 Å². The van der Waals surface area contributed by atoms with Crippen LogP contribution in [-0.4, -0.2) is 31.6 Å². The Morgan fingerprint density at radius 2 is 1.41 bits per heavy atom. The Kier molecular flexibility index (Phi) is 6.05. The Balaban J connectivity index is 5.43. The van der Waals surface area contributed by atoms with Gasteiger partial charge in [0, 0.05) is 0 Å². The van der Waals surface area contributed by atoms with Crippen LogP contribution < -0.4 is 0 Å². The summed E-state index contributed by atoms with van der Waals surface area (Å²) < 4.78 is 35.5. The normalized spacial score (nSPS) is 11.8. The van der Waals surface area contributed by atoms with Crippen molar-refractivity contribution in [3.8, 4) is 0 Å². The zero-order valence-corrected chi connectivity index (χ0v) is 10.5. The van der Waals surface area contributed by atoms with Gasteiger partial charge in [-0.2, -0.15) is 0 Å². The minimum atomic E-state index is -3.17. The number of hydrogen-bond acceptors (Lipinski definition) is 4. The number of carbonyl (C=O) groups excluding carboxylic acids is 2. The number of rotatable bonds is 6. The highest BCUT2D eigenvalue weighted by Gasteiger charge is 2.59. The molecule has 0 aliphatic heterocycles. The number of halogens is 2. The first-order valence-electron chi connectivity index (χ1n) is 5.48. The summed E-state index contributed by atoms with van der Waals surface area (Å²) in [4.78, 5) is 23.3. The first kappa shape index (κ1) is 15.8. The number of alkyl halides is 2. The van der Waals surface area contributed by atoms with Crippen molar-refractivity contribution in [1.29, 1.82) is 0 Å². The van der Waals surface area contributed by atoms with Crippen LogP contribution in [0.4, 0.5) is 8.78 Å². The zero-order valence-electron chi connectivity index (χ0n) is 10.5. The van der Waals surface area contributed by atoms with Crippen LogP contribution in [0.15, 0.2) is 0 Å². The first-order chi connectivity index (χ1) is 7.85. The van der Waals surface area contributed by atoms with Gasteiger partial charge in [-0.15, -0.1) is 0 Å². The molecule has 0 aromatic heterocycles. The van der Waals surface area contributed by atoms with Crippen molar-refractivity contribution >= 4 is 11.9 Å². The zero-order chi connectivity index (χ0) is 13.6. The molecule has 0 bridgehead atoms. The Bertz CT molecular complexity index is 249. The standard InChI is InChI=1S/C11H18F2O4/c1-5-16-9(14)11(7(3)4,8(12)13)10(15)17-6-2/h7-8H,5-6H2,1-4H3. The van der Waals surface area contributed by atoms with Crippen molar-refractivity contribution in [2.24, 2.45) is 11.3 Å². The lowest BCUT2D eigenvalue weighted by molar-refractivity contribution is -0.189. The van der Waals surface area contributed by atoms with Gasteiger partial charge >= 0.3 is 11.9 Å². The molecule has 0 heterocycles. The Morgan fingerprint density at radius 1 is 1.06 bits per heavy atom. The third-order valence-electron chi connectivity index (χ3n) is 2.48. The molecular formula is C11H18F2O4. The molecule has 4 nitrogen and oxygen atoms in total. The molecule has 0 amide bonds. The van der Waals surface area contributed by atoms with E-state index in [4.69, 9.17) is 0 Å². The second-order valence-electron chi connectivity index (χ2n) is 3.77. The van der Waals surface area contributed by atoms with Gasteiger partial charge in [-0.1, -0.05) is 13.8 Å². The van der Waals surface area contributed by atoms with E-state index in [1.165, 1.54) is 27.7 Å². The maximum Gasteiger partial charge on any atom is 0.329 e. The molecule has 0 aliphatic rings. The predicted molar refractivity (Wildman–Crippen MR) is 56.5 cm³/mol. The molecule has 0 aliphatic carbocycles. The van der Waals surface area contributed by atoms with Crippen molar-refractivity contribution < 1.29 is 27.8 Å². The van der Waals surface area contributed by atoms with Crippen molar-refractivity contribution in [3.05, 3.63) is 0 Å². The largest absolute Gasteiger partial charge is 0.465 e. The van der Waals surface area contributed by atoms with Gasteiger partial charge in [0.05, 0.1) is 13.2 Å². The van der Waals surface area contributed by atoms with Crippen LogP contribution in [0.2, 0.25) is 0 Å². The van der Waals surface area contributed by atoms with Gasteiger partial charge in [0.25, 0.3) is 6.43 Å². The SMILES string of the molecule is CCOC(=O)C(C(=O)OCC)(C(C)C)C(F)F. The van der Waals surface area contributed by atoms with E-state index >= 15 is 0 Å². The monoisotopic (exact) mass is 252 g/mol. The van der Waals surface area contributed by atoms with Gasteiger partial charge in [0.2, 0.25) is 5.41 Å². The van der Waals surface area contributed by atoms with E-state index < -0.39 is 29.7 Å². The fourth-order valence-electron chi connectivity index (χ4n) is 1.49. The van der Waals surface area contributed by atoms with Crippen LogP contribution in [0, 0.1) is 11.3 Å². The summed E-state index contributed by atoms with van der Waals surface area (Å²) in [5.41, 5.74) is -2.54. The number of carbonyl (C=O) groups is 2. The van der Waals surface area contributed by atoms with Gasteiger partial charge in [-0.05, 0) is 19.8 Å². The highest BCUT2D eigenvalue weighted by Crippen LogP contribution is 2.37. The quantitative estimate of drug-likeness (QED) is 0.536. The minimum absolute atomic E-state index is 0.0700. The van der Waals surface area contributed by atoms with E-state index in [2.05, 4.69) is 9.47 Å². The second-order valence-corrected chi connectivity index (χ2v) is 3.77. The van der Waals surface area contributed by atoms with Crippen LogP contribution >= 0.6 is 0 Å². The molecule has 6 heteroatoms. The summed E-state index contributed by atoms with van der Waals surface area (Å²) >= 11 is 0. The van der Waals surface area contributed by atoms with Crippen LogP contribution in [-0.2, 0) is 19.1 Å². The van der Waals surface area contributed by atoms with E-state index in [0.29, 0.717) is 0 Å². The minimum Gasteiger partial charge on any atom is -0.465 e. The van der Waals surface area contributed by atoms with Crippen LogP contribution in [0.5, 0.6) is 0 Å². The summed E-state index contributed by atoms with van der Waals surface area (Å²) in [5, 5.41) is 0. The van der Waals surface area contributed by atoms with Crippen LogP contribution in [0.25, 0.3) is 0 Å². The fourth-order valence-corrected chi connectivity index (χ4v) is 1.49. The predicted octanol–water partition coefficient (Wildman–Crippen LogP) is 2.02. The van der Waals surface area contributed by atoms with Gasteiger partial charge < -0.3 is 9.47 Å². The molecule has 0 atom stereocenters. The molecule has 0 N–H and O–H groups in total. The molecule has 0 saturated carbocycles. The summed E-state index contributed by atoms with van der Waals surface area (Å²) in [5.74, 6) is -3.38. The molecule has 100 valence electrons. The van der Waals surface area contributed by atoms with E-state index in [-0.39, 0.29) is 13.2 Å². The van der Waals surface area contributed by atoms with Crippen molar-refractivity contribution in [3.63, 3.8) is 0 Å². The lowest BCUT2D eigenvalue weighted by Crippen LogP contribution is -2.51. The maximum absolute atomic E-state index is 13.2. The smallest absolute Gasteiger partial charge is 0.329 e. The highest BCUT2D eigenvalue weighted by atomic mass is 19.3. The molecule has 0 aromatic rings. The first-order valence-corrected chi connectivity index (χ1v) is 5.48. The van der Waals surface area contributed by atoms with Crippen molar-refractivity contribution in [2.75, 3.05) is 13.2 Å². The Morgan fingerprint density at radius 3 is 1.59 bits per heavy atom. The van der Waals surface area contributed by atoms with Gasteiger partial charge in [-0.3, -0.25) is 9.59 Å². The Hall–Kier alpha value is -1.20. The fraction of sp³-hybridized carbons (Fsp3) is 0.818. The maximum atomic E-state index is 13.2. The lowest BCUT2D eigenvalue weighted by atomic mass is 9.77. The molecule has 0 unspecified atom stereocenters. The van der Waals surface area contributed by atoms with E-state index in [1.807, 2.05) is 0 Å². The van der Waals surface area contributed by atoms with Gasteiger partial charge in [-0.25, -0.2) is 8.78 Å². The molecule has 0 rings (SSSR count). The summed E-state index contributed by atoms with van der Waals surface area (Å²) in [6, 6.07) is 0. The molecule has 0 radical (unpaired) electrons. The summed E-state index contributed by atoms with van der Waals surface area (Å²) in [7, 11) is 0. The van der Waals surface area contributed by atoms with E-state index in [9.17, 15) is 18.4 Å². The number of ether oxygens (including phenoxy) is 2. The third kappa shape index (κ3) is 2.92. The molecule has 0 saturated heterocycles. The summed E-state index contributed by atoms with van der Waals surface area (Å²) in [6.45, 7) is 5.55. The molecule has 17 heavy (non-hydrogen) atoms. The van der Waals surface area contributed by atoms with Crippen molar-refractivity contribution in [2.45, 2.75) is 34.1 Å². The summed E-state index contributed by atoms with van der Waals surface area (Å²) in [6.07, 6.45) is -3.17. The average molecular weight is 252 g/mol. The highest BCUT2D eigenvalue weighted by molar-refractivity contribution is 6.01. The molecule has 0 spiro atoms. The average Bonchev–Trinajstić information content (AvgIpc) is 2.17. The lowest BCUT2D eigenvalue weighted by Gasteiger charge is -2.31. The molecule has 0 aromatic carbocycles. The Labute approximate surface area is 99.3 Å². The van der Waals surface area contributed by atoms with Gasteiger partial charge in [0.1, 0.15) is 0 Å². The molecular weight excluding hydrogens is 234 g/mol. The topological polar surface area (TPSA) is 52.6 Å². The van der Waals surface area contributed by atoms with E-state index in [1.54, 1.807) is 0 Å². The van der Waals surface area contributed by atoms with Crippen molar-refractivity contribution in [1.82, 2.24) is 0 Å². The number of esters is 2. The second kappa shape index (κ2) is 6.51. The van der Waals surface area contributed by atoms with E-state index in [0.717, 1.165) is 0 Å². The number of hydrogen-bond donors (Lipinski definition) is 0. The van der Waals surface area contributed by atoms with Crippen LogP contribution in [0.1, 0.15) is 27.7 Å². The third-order valence-corrected chi connectivity index (χ3v) is 2.48.